The van der Waals surface area contributed by atoms with Crippen molar-refractivity contribution in [2.45, 2.75) is 13.5 Å². The number of tetrazole rings is 1. The smallest absolute Gasteiger partial charge is 0.248 e. The Morgan fingerprint density at radius 1 is 1.12 bits per heavy atom. The van der Waals surface area contributed by atoms with Crippen LogP contribution >= 0.6 is 0 Å². The number of hydrogen-bond acceptors (Lipinski definition) is 6. The second-order valence-corrected chi connectivity index (χ2v) is 5.58. The number of carbonyl (C=O) groups is 1. The van der Waals surface area contributed by atoms with Crippen molar-refractivity contribution in [2.75, 3.05) is 19.5 Å². The second kappa shape index (κ2) is 7.64. The highest BCUT2D eigenvalue weighted by molar-refractivity contribution is 5.90. The van der Waals surface area contributed by atoms with E-state index in [2.05, 4.69) is 20.7 Å². The van der Waals surface area contributed by atoms with Crippen molar-refractivity contribution in [3.05, 3.63) is 48.0 Å². The Hall–Kier alpha value is -3.42. The molecule has 134 valence electrons. The fraction of sp³-hybridized carbons (Fsp3) is 0.222. The van der Waals surface area contributed by atoms with E-state index in [9.17, 15) is 4.79 Å². The first-order valence-electron chi connectivity index (χ1n) is 7.96. The Balaban J connectivity index is 1.68. The predicted molar refractivity (Wildman–Crippen MR) is 96.2 cm³/mol. The zero-order chi connectivity index (χ0) is 18.5. The van der Waals surface area contributed by atoms with Gasteiger partial charge in [0.25, 0.3) is 0 Å². The lowest BCUT2D eigenvalue weighted by molar-refractivity contribution is -0.117. The first kappa shape index (κ1) is 17.4. The Labute approximate surface area is 150 Å². The van der Waals surface area contributed by atoms with Gasteiger partial charge in [0.1, 0.15) is 6.54 Å². The number of hydrogen-bond donors (Lipinski definition) is 1. The summed E-state index contributed by atoms with van der Waals surface area (Å²) in [7, 11) is 3.09. The quantitative estimate of drug-likeness (QED) is 0.731. The van der Waals surface area contributed by atoms with Crippen LogP contribution in [0.15, 0.2) is 42.5 Å². The van der Waals surface area contributed by atoms with Crippen molar-refractivity contribution in [1.82, 2.24) is 20.2 Å². The van der Waals surface area contributed by atoms with E-state index in [4.69, 9.17) is 9.47 Å². The minimum absolute atomic E-state index is 0.0484. The highest BCUT2D eigenvalue weighted by Gasteiger charge is 2.12. The number of benzene rings is 2. The van der Waals surface area contributed by atoms with Crippen molar-refractivity contribution >= 4 is 11.6 Å². The summed E-state index contributed by atoms with van der Waals surface area (Å²) in [6, 6.07) is 12.9. The average Bonchev–Trinajstić information content (AvgIpc) is 3.10. The molecule has 26 heavy (non-hydrogen) atoms. The maximum absolute atomic E-state index is 12.2. The molecule has 8 nitrogen and oxygen atoms in total. The summed E-state index contributed by atoms with van der Waals surface area (Å²) < 4.78 is 10.4. The summed E-state index contributed by atoms with van der Waals surface area (Å²) >= 11 is 0. The van der Waals surface area contributed by atoms with Crippen LogP contribution < -0.4 is 14.8 Å². The normalized spacial score (nSPS) is 10.4. The van der Waals surface area contributed by atoms with Gasteiger partial charge < -0.3 is 14.8 Å². The van der Waals surface area contributed by atoms with Crippen LogP contribution in [0.1, 0.15) is 5.56 Å². The van der Waals surface area contributed by atoms with Gasteiger partial charge in [-0.05, 0) is 29.8 Å². The average molecular weight is 353 g/mol. The number of methoxy groups -OCH3 is 2. The molecule has 0 spiro atoms. The van der Waals surface area contributed by atoms with Gasteiger partial charge in [-0.3, -0.25) is 4.79 Å². The van der Waals surface area contributed by atoms with Crippen molar-refractivity contribution in [1.29, 1.82) is 0 Å². The van der Waals surface area contributed by atoms with E-state index >= 15 is 0 Å². The minimum Gasteiger partial charge on any atom is -0.493 e. The van der Waals surface area contributed by atoms with Crippen LogP contribution in [0.2, 0.25) is 0 Å². The molecule has 1 aromatic heterocycles. The predicted octanol–water partition coefficient (Wildman–Crippen LogP) is 2.30. The van der Waals surface area contributed by atoms with Gasteiger partial charge in [0.15, 0.2) is 11.5 Å². The van der Waals surface area contributed by atoms with Crippen LogP contribution in [-0.2, 0) is 11.3 Å². The topological polar surface area (TPSA) is 91.2 Å². The number of anilines is 1. The van der Waals surface area contributed by atoms with Gasteiger partial charge in [-0.15, -0.1) is 10.2 Å². The number of nitrogens with one attached hydrogen (secondary N) is 1. The summed E-state index contributed by atoms with van der Waals surface area (Å²) in [6.45, 7) is 1.92. The summed E-state index contributed by atoms with van der Waals surface area (Å²) in [4.78, 5) is 13.5. The van der Waals surface area contributed by atoms with Crippen LogP contribution in [0.3, 0.4) is 0 Å². The molecule has 0 unspecified atom stereocenters. The van der Waals surface area contributed by atoms with E-state index in [0.717, 1.165) is 11.1 Å². The van der Waals surface area contributed by atoms with Gasteiger partial charge in [-0.25, -0.2) is 0 Å². The number of carbonyl (C=O) groups excluding carboxylic acids is 1. The molecule has 1 heterocycles. The van der Waals surface area contributed by atoms with Crippen LogP contribution in [-0.4, -0.2) is 40.3 Å². The SMILES string of the molecule is COc1ccc(NC(=O)Cn2nnc(-c3ccccc3C)n2)cc1OC. The minimum atomic E-state index is -0.272. The molecule has 0 fully saturated rings. The standard InChI is InChI=1S/C18H19N5O3/c1-12-6-4-5-7-14(12)18-20-22-23(21-18)11-17(24)19-13-8-9-15(25-2)16(10-13)26-3/h4-10H,11H2,1-3H3,(H,19,24). The van der Waals surface area contributed by atoms with Gasteiger partial charge >= 0.3 is 0 Å². The molecular formula is C18H19N5O3. The van der Waals surface area contributed by atoms with Crippen molar-refractivity contribution in [2.24, 2.45) is 0 Å². The molecule has 0 aliphatic carbocycles. The lowest BCUT2D eigenvalue weighted by atomic mass is 10.1. The van der Waals surface area contributed by atoms with Crippen LogP contribution in [0.4, 0.5) is 5.69 Å². The van der Waals surface area contributed by atoms with E-state index in [1.807, 2.05) is 31.2 Å². The molecule has 1 amide bonds. The fourth-order valence-electron chi connectivity index (χ4n) is 2.48. The summed E-state index contributed by atoms with van der Waals surface area (Å²) in [6.07, 6.45) is 0. The van der Waals surface area contributed by atoms with Crippen molar-refractivity contribution in [3.63, 3.8) is 0 Å². The molecule has 0 bridgehead atoms. The van der Waals surface area contributed by atoms with E-state index in [1.54, 1.807) is 25.3 Å². The third-order valence-electron chi connectivity index (χ3n) is 3.79. The highest BCUT2D eigenvalue weighted by Crippen LogP contribution is 2.29. The number of aromatic nitrogens is 4. The van der Waals surface area contributed by atoms with Gasteiger partial charge in [0.2, 0.25) is 11.7 Å². The summed E-state index contributed by atoms with van der Waals surface area (Å²) in [5, 5.41) is 15.0. The van der Waals surface area contributed by atoms with Crippen molar-refractivity contribution < 1.29 is 14.3 Å². The zero-order valence-corrected chi connectivity index (χ0v) is 14.8. The van der Waals surface area contributed by atoms with E-state index < -0.39 is 0 Å². The number of rotatable bonds is 6. The number of amides is 1. The molecule has 0 aliphatic heterocycles. The summed E-state index contributed by atoms with van der Waals surface area (Å²) in [5.41, 5.74) is 2.52. The van der Waals surface area contributed by atoms with E-state index in [0.29, 0.717) is 23.0 Å². The van der Waals surface area contributed by atoms with Gasteiger partial charge in [-0.1, -0.05) is 24.3 Å². The number of ether oxygens (including phenoxy) is 2. The third-order valence-corrected chi connectivity index (χ3v) is 3.79. The number of aryl methyl sites for hydroxylation is 1. The molecule has 2 aromatic carbocycles. The monoisotopic (exact) mass is 353 g/mol. The molecule has 0 radical (unpaired) electrons. The van der Waals surface area contributed by atoms with Crippen LogP contribution in [0, 0.1) is 6.92 Å². The molecule has 0 saturated carbocycles. The molecule has 0 saturated heterocycles. The van der Waals surface area contributed by atoms with Crippen LogP contribution in [0.25, 0.3) is 11.4 Å². The van der Waals surface area contributed by atoms with Crippen molar-refractivity contribution in [3.8, 4) is 22.9 Å². The molecular weight excluding hydrogens is 334 g/mol. The largest absolute Gasteiger partial charge is 0.493 e. The number of nitrogens with zero attached hydrogens (tertiary/aromatic N) is 4. The maximum atomic E-state index is 12.2. The summed E-state index contributed by atoms with van der Waals surface area (Å²) in [5.74, 6) is 1.34. The molecule has 0 aliphatic rings. The lowest BCUT2D eigenvalue weighted by Crippen LogP contribution is -2.20. The van der Waals surface area contributed by atoms with Gasteiger partial charge in [0.05, 0.1) is 14.2 Å². The zero-order valence-electron chi connectivity index (χ0n) is 14.8. The Bertz CT molecular complexity index is 923. The molecule has 0 atom stereocenters. The third kappa shape index (κ3) is 3.80. The molecule has 3 aromatic rings. The molecule has 1 N–H and O–H groups in total. The molecule has 8 heteroatoms. The van der Waals surface area contributed by atoms with Gasteiger partial charge in [0, 0.05) is 17.3 Å². The highest BCUT2D eigenvalue weighted by atomic mass is 16.5. The fourth-order valence-corrected chi connectivity index (χ4v) is 2.48. The first-order valence-corrected chi connectivity index (χ1v) is 7.96. The molecule has 3 rings (SSSR count). The lowest BCUT2D eigenvalue weighted by Gasteiger charge is -2.10. The van der Waals surface area contributed by atoms with Crippen LogP contribution in [0.5, 0.6) is 11.5 Å². The maximum Gasteiger partial charge on any atom is 0.248 e. The Morgan fingerprint density at radius 3 is 2.62 bits per heavy atom. The van der Waals surface area contributed by atoms with Gasteiger partial charge in [-0.2, -0.15) is 4.80 Å². The second-order valence-electron chi connectivity index (χ2n) is 5.58. The Morgan fingerprint density at radius 2 is 1.88 bits per heavy atom. The van der Waals surface area contributed by atoms with E-state index in [-0.39, 0.29) is 12.5 Å². The first-order chi connectivity index (χ1) is 12.6. The Kier molecular flexibility index (Phi) is 5.12. The van der Waals surface area contributed by atoms with E-state index in [1.165, 1.54) is 11.9 Å².